The Morgan fingerprint density at radius 2 is 2.22 bits per heavy atom. The normalized spacial score (nSPS) is 10.7. The molecule has 1 N–H and O–H groups in total. The Balaban J connectivity index is 2.17. The minimum absolute atomic E-state index is 0.403. The zero-order chi connectivity index (χ0) is 13.1. The van der Waals surface area contributed by atoms with Crippen molar-refractivity contribution < 1.29 is 9.26 Å². The number of hydrogen-bond acceptors (Lipinski definition) is 6. The number of nitrogens with zero attached hydrogens (tertiary/aromatic N) is 4. The molecular formula is C11H17N5O2. The summed E-state index contributed by atoms with van der Waals surface area (Å²) in [6.07, 6.45) is 0.844. The third-order valence-electron chi connectivity index (χ3n) is 2.64. The Morgan fingerprint density at radius 3 is 2.78 bits per heavy atom. The summed E-state index contributed by atoms with van der Waals surface area (Å²) in [5.41, 5.74) is 2.01. The largest absolute Gasteiger partial charge is 0.481 e. The fourth-order valence-electron chi connectivity index (χ4n) is 1.86. The van der Waals surface area contributed by atoms with Crippen molar-refractivity contribution in [3.63, 3.8) is 0 Å². The summed E-state index contributed by atoms with van der Waals surface area (Å²) in [6.45, 7) is 4.38. The molecule has 2 aromatic rings. The van der Waals surface area contributed by atoms with Crippen LogP contribution in [0, 0.1) is 6.92 Å². The van der Waals surface area contributed by atoms with Crippen LogP contribution in [0.5, 0.6) is 5.88 Å². The molecule has 0 radical (unpaired) electrons. The van der Waals surface area contributed by atoms with Crippen LogP contribution in [0.1, 0.15) is 24.0 Å². The number of aromatic nitrogens is 4. The highest BCUT2D eigenvalue weighted by Gasteiger charge is 2.16. The fraction of sp³-hybridized carbons (Fsp3) is 0.545. The van der Waals surface area contributed by atoms with Crippen molar-refractivity contribution in [2.75, 3.05) is 12.4 Å². The molecule has 0 fully saturated rings. The van der Waals surface area contributed by atoms with E-state index in [-0.39, 0.29) is 0 Å². The van der Waals surface area contributed by atoms with Crippen LogP contribution in [0.4, 0.5) is 6.01 Å². The number of nitrogens with one attached hydrogen (secondary N) is 1. The quantitative estimate of drug-likeness (QED) is 0.862. The molecule has 0 atom stereocenters. The molecule has 0 unspecified atom stereocenters. The first-order chi connectivity index (χ1) is 8.65. The van der Waals surface area contributed by atoms with Gasteiger partial charge in [0.2, 0.25) is 5.88 Å². The lowest BCUT2D eigenvalue weighted by Gasteiger charge is -2.05. The molecule has 0 saturated heterocycles. The van der Waals surface area contributed by atoms with Gasteiger partial charge in [0.1, 0.15) is 0 Å². The molecule has 0 aliphatic rings. The first-order valence-corrected chi connectivity index (χ1v) is 5.78. The van der Waals surface area contributed by atoms with Crippen molar-refractivity contribution in [3.8, 4) is 5.88 Å². The molecule has 7 nitrogen and oxygen atoms in total. The van der Waals surface area contributed by atoms with Gasteiger partial charge in [0, 0.05) is 7.05 Å². The van der Waals surface area contributed by atoms with Gasteiger partial charge in [-0.15, -0.1) is 0 Å². The lowest BCUT2D eigenvalue weighted by molar-refractivity contribution is 0.369. The summed E-state index contributed by atoms with van der Waals surface area (Å²) in [7, 11) is 3.50. The number of ether oxygens (including phenoxy) is 1. The monoisotopic (exact) mass is 251 g/mol. The van der Waals surface area contributed by atoms with Crippen molar-refractivity contribution in [2.24, 2.45) is 7.05 Å². The van der Waals surface area contributed by atoms with Gasteiger partial charge >= 0.3 is 6.01 Å². The zero-order valence-electron chi connectivity index (χ0n) is 11.0. The third-order valence-corrected chi connectivity index (χ3v) is 2.64. The number of hydrogen-bond donors (Lipinski definition) is 1. The Hall–Kier alpha value is -2.05. The summed E-state index contributed by atoms with van der Waals surface area (Å²) in [5, 5.41) is 11.2. The molecule has 0 spiro atoms. The van der Waals surface area contributed by atoms with E-state index in [1.165, 1.54) is 0 Å². The van der Waals surface area contributed by atoms with Crippen molar-refractivity contribution in [1.29, 1.82) is 0 Å². The summed E-state index contributed by atoms with van der Waals surface area (Å²) >= 11 is 0. The van der Waals surface area contributed by atoms with Gasteiger partial charge in [-0.05, 0) is 13.3 Å². The molecule has 0 aliphatic heterocycles. The van der Waals surface area contributed by atoms with Gasteiger partial charge in [-0.1, -0.05) is 12.1 Å². The molecule has 2 aromatic heterocycles. The number of methoxy groups -OCH3 is 1. The average molecular weight is 251 g/mol. The first-order valence-electron chi connectivity index (χ1n) is 5.78. The summed E-state index contributed by atoms with van der Waals surface area (Å²) in [5.74, 6) is 1.35. The van der Waals surface area contributed by atoms with E-state index >= 15 is 0 Å². The molecule has 2 heterocycles. The average Bonchev–Trinajstić information content (AvgIpc) is 2.90. The van der Waals surface area contributed by atoms with Crippen LogP contribution >= 0.6 is 0 Å². The van der Waals surface area contributed by atoms with E-state index in [1.807, 2.05) is 7.05 Å². The van der Waals surface area contributed by atoms with Crippen molar-refractivity contribution in [1.82, 2.24) is 19.9 Å². The highest BCUT2D eigenvalue weighted by Crippen LogP contribution is 2.22. The van der Waals surface area contributed by atoms with Crippen molar-refractivity contribution in [2.45, 2.75) is 26.8 Å². The van der Waals surface area contributed by atoms with Gasteiger partial charge in [-0.25, -0.2) is 4.68 Å². The minimum atomic E-state index is 0.403. The minimum Gasteiger partial charge on any atom is -0.481 e. The lowest BCUT2D eigenvalue weighted by Crippen LogP contribution is -2.03. The van der Waals surface area contributed by atoms with Crippen molar-refractivity contribution in [3.05, 3.63) is 17.1 Å². The van der Waals surface area contributed by atoms with Crippen LogP contribution in [0.15, 0.2) is 4.52 Å². The standard InChI is InChI=1S/C11H17N5O2/c1-5-9-8(10(17-4)16(3)14-9)6-12-11-13-7(2)15-18-11/h5-6H2,1-4H3,(H,12,13,15). The highest BCUT2D eigenvalue weighted by molar-refractivity contribution is 5.35. The second kappa shape index (κ2) is 5.07. The van der Waals surface area contributed by atoms with E-state index in [0.29, 0.717) is 18.4 Å². The predicted molar refractivity (Wildman–Crippen MR) is 65.5 cm³/mol. The third kappa shape index (κ3) is 2.29. The summed E-state index contributed by atoms with van der Waals surface area (Å²) < 4.78 is 12.1. The van der Waals surface area contributed by atoms with Gasteiger partial charge in [0.05, 0.1) is 24.9 Å². The van der Waals surface area contributed by atoms with Gasteiger partial charge in [0.25, 0.3) is 0 Å². The van der Waals surface area contributed by atoms with Gasteiger partial charge in [0.15, 0.2) is 5.82 Å². The number of aryl methyl sites for hydroxylation is 3. The van der Waals surface area contributed by atoms with Crippen molar-refractivity contribution >= 4 is 6.01 Å². The summed E-state index contributed by atoms with van der Waals surface area (Å²) in [6, 6.07) is 0.403. The molecule has 0 aliphatic carbocycles. The lowest BCUT2D eigenvalue weighted by atomic mass is 10.2. The summed E-state index contributed by atoms with van der Waals surface area (Å²) in [4.78, 5) is 4.09. The van der Waals surface area contributed by atoms with Crippen LogP contribution in [-0.4, -0.2) is 27.0 Å². The topological polar surface area (TPSA) is 78.0 Å². The van der Waals surface area contributed by atoms with Gasteiger partial charge in [-0.3, -0.25) is 0 Å². The van der Waals surface area contributed by atoms with Gasteiger partial charge < -0.3 is 14.6 Å². The molecule has 0 aromatic carbocycles. The predicted octanol–water partition coefficient (Wildman–Crippen LogP) is 1.29. The molecule has 0 amide bonds. The van der Waals surface area contributed by atoms with E-state index < -0.39 is 0 Å². The Morgan fingerprint density at radius 1 is 1.44 bits per heavy atom. The first kappa shape index (κ1) is 12.4. The van der Waals surface area contributed by atoms with Gasteiger partial charge in [-0.2, -0.15) is 10.1 Å². The van der Waals surface area contributed by atoms with Crippen LogP contribution in [0.2, 0.25) is 0 Å². The maximum Gasteiger partial charge on any atom is 0.321 e. The SMILES string of the molecule is CCc1nn(C)c(OC)c1CNc1nc(C)no1. The maximum absolute atomic E-state index is 5.35. The van der Waals surface area contributed by atoms with Crippen LogP contribution in [-0.2, 0) is 20.0 Å². The molecule has 2 rings (SSSR count). The smallest absolute Gasteiger partial charge is 0.321 e. The maximum atomic E-state index is 5.35. The Bertz CT molecular complexity index is 532. The van der Waals surface area contributed by atoms with E-state index in [1.54, 1.807) is 18.7 Å². The molecule has 7 heteroatoms. The van der Waals surface area contributed by atoms with E-state index in [0.717, 1.165) is 23.6 Å². The molecule has 18 heavy (non-hydrogen) atoms. The molecule has 0 bridgehead atoms. The Labute approximate surface area is 105 Å². The van der Waals surface area contributed by atoms with E-state index in [9.17, 15) is 0 Å². The Kier molecular flexibility index (Phi) is 3.50. The van der Waals surface area contributed by atoms with E-state index in [2.05, 4.69) is 27.5 Å². The number of rotatable bonds is 5. The van der Waals surface area contributed by atoms with Crippen LogP contribution in [0.25, 0.3) is 0 Å². The number of anilines is 1. The molecular weight excluding hydrogens is 234 g/mol. The zero-order valence-corrected chi connectivity index (χ0v) is 11.0. The fourth-order valence-corrected chi connectivity index (χ4v) is 1.86. The molecule has 98 valence electrons. The second-order valence-corrected chi connectivity index (χ2v) is 3.91. The highest BCUT2D eigenvalue weighted by atomic mass is 16.5. The van der Waals surface area contributed by atoms with Crippen LogP contribution < -0.4 is 10.1 Å². The molecule has 0 saturated carbocycles. The van der Waals surface area contributed by atoms with Crippen LogP contribution in [0.3, 0.4) is 0 Å². The van der Waals surface area contributed by atoms with E-state index in [4.69, 9.17) is 9.26 Å². The second-order valence-electron chi connectivity index (χ2n) is 3.91.